The third-order valence-corrected chi connectivity index (χ3v) is 5.83. The van der Waals surface area contributed by atoms with Gasteiger partial charge in [0.2, 0.25) is 5.91 Å². The molecule has 0 spiro atoms. The maximum absolute atomic E-state index is 13.2. The number of aromatic amines is 1. The topological polar surface area (TPSA) is 61.9 Å². The van der Waals surface area contributed by atoms with Gasteiger partial charge < -0.3 is 4.90 Å². The predicted octanol–water partition coefficient (Wildman–Crippen LogP) is 3.93. The fraction of sp³-hybridized carbons (Fsp3) is 0.350. The number of piperidine rings is 1. The van der Waals surface area contributed by atoms with Gasteiger partial charge in [0.1, 0.15) is 5.82 Å². The van der Waals surface area contributed by atoms with Gasteiger partial charge in [-0.25, -0.2) is 9.37 Å². The number of nitrogens with zero attached hydrogens (tertiary/aromatic N) is 3. The maximum atomic E-state index is 13.2. The van der Waals surface area contributed by atoms with Gasteiger partial charge >= 0.3 is 0 Å². The summed E-state index contributed by atoms with van der Waals surface area (Å²) in [6.45, 7) is 3.39. The lowest BCUT2D eigenvalue weighted by Crippen LogP contribution is -2.40. The highest BCUT2D eigenvalue weighted by Gasteiger charge is 2.28. The summed E-state index contributed by atoms with van der Waals surface area (Å²) in [6, 6.07) is 6.44. The summed E-state index contributed by atoms with van der Waals surface area (Å²) < 4.78 is 13.2. The third kappa shape index (κ3) is 3.93. The van der Waals surface area contributed by atoms with Crippen LogP contribution in [-0.2, 0) is 11.2 Å². The van der Waals surface area contributed by atoms with Gasteiger partial charge in [-0.15, -0.1) is 11.3 Å². The minimum absolute atomic E-state index is 0.118. The van der Waals surface area contributed by atoms with E-state index in [2.05, 4.69) is 15.2 Å². The lowest BCUT2D eigenvalue weighted by molar-refractivity contribution is -0.131. The summed E-state index contributed by atoms with van der Waals surface area (Å²) in [4.78, 5) is 19.0. The molecule has 1 saturated heterocycles. The third-order valence-electron chi connectivity index (χ3n) is 5.01. The lowest BCUT2D eigenvalue weighted by Gasteiger charge is -2.32. The average molecular weight is 384 g/mol. The molecule has 1 amide bonds. The quantitative estimate of drug-likeness (QED) is 0.741. The number of carbonyl (C=O) groups excluding carboxylic acids is 1. The molecule has 1 fully saturated rings. The fourth-order valence-corrected chi connectivity index (χ4v) is 4.27. The van der Waals surface area contributed by atoms with Crippen molar-refractivity contribution in [3.8, 4) is 11.1 Å². The van der Waals surface area contributed by atoms with E-state index in [1.807, 2.05) is 17.2 Å². The summed E-state index contributed by atoms with van der Waals surface area (Å²) in [6.07, 6.45) is 4.08. The number of aryl methyl sites for hydroxylation is 1. The first-order valence-electron chi connectivity index (χ1n) is 9.08. The summed E-state index contributed by atoms with van der Waals surface area (Å²) >= 11 is 1.57. The number of aromatic nitrogens is 3. The van der Waals surface area contributed by atoms with Crippen LogP contribution < -0.4 is 0 Å². The standard InChI is InChI=1S/C20H21FN4OS/c1-13-23-17(12-27-13)9-19(26)25-8-2-3-15(11-25)20-18(10-22-24-20)14-4-6-16(21)7-5-14/h4-7,10,12,15H,2-3,8-9,11H2,1H3,(H,22,24)/t15-/m0/s1. The highest BCUT2D eigenvalue weighted by molar-refractivity contribution is 7.09. The van der Waals surface area contributed by atoms with Crippen molar-refractivity contribution in [2.24, 2.45) is 0 Å². The zero-order valence-electron chi connectivity index (χ0n) is 15.1. The van der Waals surface area contributed by atoms with Crippen LogP contribution in [0.1, 0.15) is 35.2 Å². The van der Waals surface area contributed by atoms with E-state index >= 15 is 0 Å². The molecule has 5 nitrogen and oxygen atoms in total. The molecule has 4 rings (SSSR count). The van der Waals surface area contributed by atoms with E-state index < -0.39 is 0 Å². The molecule has 1 aliphatic heterocycles. The van der Waals surface area contributed by atoms with Crippen LogP contribution in [0.25, 0.3) is 11.1 Å². The zero-order chi connectivity index (χ0) is 18.8. The van der Waals surface area contributed by atoms with Crippen molar-refractivity contribution in [1.29, 1.82) is 0 Å². The van der Waals surface area contributed by atoms with E-state index in [-0.39, 0.29) is 17.6 Å². The second-order valence-electron chi connectivity index (χ2n) is 6.92. The molecule has 0 saturated carbocycles. The van der Waals surface area contributed by atoms with E-state index in [1.54, 1.807) is 29.7 Å². The normalized spacial score (nSPS) is 17.3. The number of thiazole rings is 1. The minimum Gasteiger partial charge on any atom is -0.342 e. The Morgan fingerprint density at radius 2 is 2.19 bits per heavy atom. The second-order valence-corrected chi connectivity index (χ2v) is 7.98. The van der Waals surface area contributed by atoms with Gasteiger partial charge in [0, 0.05) is 35.6 Å². The number of hydrogen-bond donors (Lipinski definition) is 1. The molecule has 3 heterocycles. The molecule has 0 unspecified atom stereocenters. The molecule has 27 heavy (non-hydrogen) atoms. The molecule has 0 bridgehead atoms. The number of carbonyl (C=O) groups is 1. The molecular formula is C20H21FN4OS. The number of benzene rings is 1. The van der Waals surface area contributed by atoms with Crippen LogP contribution in [0.3, 0.4) is 0 Å². The number of amides is 1. The van der Waals surface area contributed by atoms with E-state index in [9.17, 15) is 9.18 Å². The lowest BCUT2D eigenvalue weighted by atomic mass is 9.90. The van der Waals surface area contributed by atoms with Crippen molar-refractivity contribution in [2.75, 3.05) is 13.1 Å². The molecule has 0 aliphatic carbocycles. The Bertz CT molecular complexity index is 934. The van der Waals surface area contributed by atoms with E-state index in [1.165, 1.54) is 12.1 Å². The maximum Gasteiger partial charge on any atom is 0.228 e. The van der Waals surface area contributed by atoms with Crippen LogP contribution in [-0.4, -0.2) is 39.1 Å². The first kappa shape index (κ1) is 17.9. The Balaban J connectivity index is 1.49. The predicted molar refractivity (Wildman–Crippen MR) is 103 cm³/mol. The number of likely N-dealkylation sites (tertiary alicyclic amines) is 1. The number of H-pyrrole nitrogens is 1. The minimum atomic E-state index is -0.254. The van der Waals surface area contributed by atoms with Crippen molar-refractivity contribution >= 4 is 17.2 Å². The summed E-state index contributed by atoms with van der Waals surface area (Å²) in [7, 11) is 0. The number of nitrogens with one attached hydrogen (secondary N) is 1. The van der Waals surface area contributed by atoms with Gasteiger partial charge in [0.05, 0.1) is 23.3 Å². The summed E-state index contributed by atoms with van der Waals surface area (Å²) in [5, 5.41) is 10.3. The number of rotatable bonds is 4. The SMILES string of the molecule is Cc1nc(CC(=O)N2CCC[C@H](c3[nH]ncc3-c3ccc(F)cc3)C2)cs1. The van der Waals surface area contributed by atoms with Crippen molar-refractivity contribution in [1.82, 2.24) is 20.1 Å². The summed E-state index contributed by atoms with van der Waals surface area (Å²) in [5.74, 6) is 0.0609. The average Bonchev–Trinajstić information content (AvgIpc) is 3.32. The van der Waals surface area contributed by atoms with Crippen LogP contribution in [0.5, 0.6) is 0 Å². The van der Waals surface area contributed by atoms with E-state index in [0.29, 0.717) is 13.0 Å². The molecule has 7 heteroatoms. The van der Waals surface area contributed by atoms with E-state index in [4.69, 9.17) is 0 Å². The van der Waals surface area contributed by atoms with Crippen LogP contribution in [0.15, 0.2) is 35.8 Å². The highest BCUT2D eigenvalue weighted by Crippen LogP contribution is 2.33. The molecule has 1 aliphatic rings. The molecular weight excluding hydrogens is 363 g/mol. The Morgan fingerprint density at radius 3 is 2.93 bits per heavy atom. The van der Waals surface area contributed by atoms with Crippen LogP contribution >= 0.6 is 11.3 Å². The van der Waals surface area contributed by atoms with Crippen LogP contribution in [0.2, 0.25) is 0 Å². The first-order valence-corrected chi connectivity index (χ1v) is 9.96. The van der Waals surface area contributed by atoms with Gasteiger partial charge in [-0.05, 0) is 37.5 Å². The first-order chi connectivity index (χ1) is 13.1. The van der Waals surface area contributed by atoms with Crippen LogP contribution in [0, 0.1) is 12.7 Å². The molecule has 3 aromatic rings. The van der Waals surface area contributed by atoms with Crippen molar-refractivity contribution in [3.63, 3.8) is 0 Å². The Hall–Kier alpha value is -2.54. The molecule has 1 N–H and O–H groups in total. The largest absolute Gasteiger partial charge is 0.342 e. The van der Waals surface area contributed by atoms with Crippen molar-refractivity contribution < 1.29 is 9.18 Å². The van der Waals surface area contributed by atoms with Gasteiger partial charge in [-0.2, -0.15) is 5.10 Å². The van der Waals surface area contributed by atoms with E-state index in [0.717, 1.165) is 46.9 Å². The number of halogens is 1. The summed E-state index contributed by atoms with van der Waals surface area (Å²) in [5.41, 5.74) is 3.77. The van der Waals surface area contributed by atoms with Gasteiger partial charge in [0.25, 0.3) is 0 Å². The molecule has 2 aromatic heterocycles. The Labute approximate surface area is 161 Å². The Kier molecular flexibility index (Phi) is 5.03. The fourth-order valence-electron chi connectivity index (χ4n) is 3.66. The molecule has 1 aromatic carbocycles. The Morgan fingerprint density at radius 1 is 1.37 bits per heavy atom. The van der Waals surface area contributed by atoms with Gasteiger partial charge in [-0.3, -0.25) is 9.89 Å². The van der Waals surface area contributed by atoms with Gasteiger partial charge in [0.15, 0.2) is 0 Å². The molecule has 0 radical (unpaired) electrons. The number of hydrogen-bond acceptors (Lipinski definition) is 4. The second kappa shape index (κ2) is 7.60. The van der Waals surface area contributed by atoms with Crippen molar-refractivity contribution in [3.05, 3.63) is 58.1 Å². The van der Waals surface area contributed by atoms with Crippen LogP contribution in [0.4, 0.5) is 4.39 Å². The molecule has 1 atom stereocenters. The van der Waals surface area contributed by atoms with Gasteiger partial charge in [-0.1, -0.05) is 12.1 Å². The monoisotopic (exact) mass is 384 g/mol. The van der Waals surface area contributed by atoms with Crippen molar-refractivity contribution in [2.45, 2.75) is 32.1 Å². The molecule has 140 valence electrons. The highest BCUT2D eigenvalue weighted by atomic mass is 32.1. The zero-order valence-corrected chi connectivity index (χ0v) is 15.9. The smallest absolute Gasteiger partial charge is 0.228 e.